The molecule has 2 rings (SSSR count). The Bertz CT molecular complexity index is 530. The van der Waals surface area contributed by atoms with Gasteiger partial charge in [0.05, 0.1) is 11.4 Å². The fraction of sp³-hybridized carbons (Fsp3) is 0.250. The normalized spacial score (nSPS) is 10.3. The molecule has 1 heterocycles. The largest absolute Gasteiger partial charge is 0.397 e. The SMILES string of the molecule is Nc1ccccc1NC(=O)CCCSc1ncns1. The van der Waals surface area contributed by atoms with Gasteiger partial charge in [0.15, 0.2) is 4.34 Å². The van der Waals surface area contributed by atoms with Crippen molar-refractivity contribution >= 4 is 40.6 Å². The van der Waals surface area contributed by atoms with Crippen LogP contribution in [0.3, 0.4) is 0 Å². The molecule has 0 saturated heterocycles. The molecule has 0 aliphatic heterocycles. The van der Waals surface area contributed by atoms with Crippen LogP contribution >= 0.6 is 23.3 Å². The topological polar surface area (TPSA) is 80.9 Å². The van der Waals surface area contributed by atoms with Crippen molar-refractivity contribution in [3.8, 4) is 0 Å². The predicted molar refractivity (Wildman–Crippen MR) is 79.4 cm³/mol. The van der Waals surface area contributed by atoms with Crippen LogP contribution in [0, 0.1) is 0 Å². The van der Waals surface area contributed by atoms with E-state index in [9.17, 15) is 4.79 Å². The van der Waals surface area contributed by atoms with E-state index in [1.165, 1.54) is 17.9 Å². The van der Waals surface area contributed by atoms with Gasteiger partial charge in [0.1, 0.15) is 6.33 Å². The standard InChI is InChI=1S/C12H14N4OS2/c13-9-4-1-2-5-10(9)16-11(17)6-3-7-18-12-14-8-15-19-12/h1-2,4-5,8H,3,6-7,13H2,(H,16,17). The van der Waals surface area contributed by atoms with Gasteiger partial charge in [-0.05, 0) is 30.1 Å². The van der Waals surface area contributed by atoms with Crippen molar-refractivity contribution in [1.82, 2.24) is 9.36 Å². The number of carbonyl (C=O) groups is 1. The second-order valence-corrected chi connectivity index (χ2v) is 5.92. The number of thioether (sulfide) groups is 1. The maximum atomic E-state index is 11.7. The summed E-state index contributed by atoms with van der Waals surface area (Å²) in [6.45, 7) is 0. The van der Waals surface area contributed by atoms with Gasteiger partial charge in [-0.2, -0.15) is 4.37 Å². The number of anilines is 2. The molecule has 0 atom stereocenters. The summed E-state index contributed by atoms with van der Waals surface area (Å²) in [5.74, 6) is 0.836. The number of nitrogen functional groups attached to an aromatic ring is 1. The Kier molecular flexibility index (Phi) is 5.17. The summed E-state index contributed by atoms with van der Waals surface area (Å²) < 4.78 is 4.86. The third kappa shape index (κ3) is 4.53. The second kappa shape index (κ2) is 7.10. The molecule has 1 aromatic carbocycles. The van der Waals surface area contributed by atoms with Gasteiger partial charge in [-0.25, -0.2) is 4.98 Å². The summed E-state index contributed by atoms with van der Waals surface area (Å²) in [6.07, 6.45) is 2.81. The Balaban J connectivity index is 1.69. The van der Waals surface area contributed by atoms with Gasteiger partial charge >= 0.3 is 0 Å². The quantitative estimate of drug-likeness (QED) is 0.486. The highest BCUT2D eigenvalue weighted by molar-refractivity contribution is 8.00. The molecule has 1 amide bonds. The van der Waals surface area contributed by atoms with Gasteiger partial charge in [-0.3, -0.25) is 4.79 Å². The lowest BCUT2D eigenvalue weighted by molar-refractivity contribution is -0.116. The van der Waals surface area contributed by atoms with E-state index < -0.39 is 0 Å². The number of carbonyl (C=O) groups excluding carboxylic acids is 1. The van der Waals surface area contributed by atoms with Crippen LogP contribution in [0.5, 0.6) is 0 Å². The Hall–Kier alpha value is -1.60. The Labute approximate surface area is 119 Å². The molecular weight excluding hydrogens is 280 g/mol. The molecule has 0 saturated carbocycles. The van der Waals surface area contributed by atoms with Crippen LogP contribution in [0.15, 0.2) is 34.9 Å². The lowest BCUT2D eigenvalue weighted by Crippen LogP contribution is -2.12. The van der Waals surface area contributed by atoms with Crippen LogP contribution in [0.4, 0.5) is 11.4 Å². The van der Waals surface area contributed by atoms with E-state index in [2.05, 4.69) is 14.7 Å². The monoisotopic (exact) mass is 294 g/mol. The number of rotatable bonds is 6. The molecule has 0 radical (unpaired) electrons. The van der Waals surface area contributed by atoms with E-state index in [0.717, 1.165) is 16.5 Å². The molecule has 0 spiro atoms. The zero-order valence-electron chi connectivity index (χ0n) is 10.2. The van der Waals surface area contributed by atoms with Crippen LogP contribution < -0.4 is 11.1 Å². The van der Waals surface area contributed by atoms with E-state index in [4.69, 9.17) is 5.73 Å². The molecule has 0 unspecified atom stereocenters. The van der Waals surface area contributed by atoms with Crippen molar-refractivity contribution in [1.29, 1.82) is 0 Å². The lowest BCUT2D eigenvalue weighted by Gasteiger charge is -2.07. The summed E-state index contributed by atoms with van der Waals surface area (Å²) in [7, 11) is 0. The number of aromatic nitrogens is 2. The summed E-state index contributed by atoms with van der Waals surface area (Å²) in [5.41, 5.74) is 7.01. The number of hydrogen-bond donors (Lipinski definition) is 2. The smallest absolute Gasteiger partial charge is 0.224 e. The van der Waals surface area contributed by atoms with Gasteiger partial charge < -0.3 is 11.1 Å². The van der Waals surface area contributed by atoms with Crippen LogP contribution in [-0.4, -0.2) is 21.0 Å². The molecule has 7 heteroatoms. The van der Waals surface area contributed by atoms with Crippen molar-refractivity contribution in [2.24, 2.45) is 0 Å². The number of para-hydroxylation sites is 2. The fourth-order valence-corrected chi connectivity index (χ4v) is 2.90. The summed E-state index contributed by atoms with van der Waals surface area (Å²) >= 11 is 2.99. The van der Waals surface area contributed by atoms with E-state index in [0.29, 0.717) is 17.8 Å². The highest BCUT2D eigenvalue weighted by Crippen LogP contribution is 2.20. The number of hydrogen-bond acceptors (Lipinski definition) is 6. The third-order valence-corrected chi connectivity index (χ3v) is 4.23. The Morgan fingerprint density at radius 3 is 3.00 bits per heavy atom. The maximum Gasteiger partial charge on any atom is 0.224 e. The number of benzene rings is 1. The van der Waals surface area contributed by atoms with Crippen LogP contribution in [0.25, 0.3) is 0 Å². The van der Waals surface area contributed by atoms with Crippen molar-refractivity contribution in [3.63, 3.8) is 0 Å². The lowest BCUT2D eigenvalue weighted by atomic mass is 10.2. The van der Waals surface area contributed by atoms with Gasteiger partial charge in [-0.1, -0.05) is 23.9 Å². The van der Waals surface area contributed by atoms with E-state index in [1.807, 2.05) is 12.1 Å². The molecule has 19 heavy (non-hydrogen) atoms. The third-order valence-electron chi connectivity index (χ3n) is 2.35. The van der Waals surface area contributed by atoms with E-state index in [-0.39, 0.29) is 5.91 Å². The number of nitrogens with two attached hydrogens (primary N) is 1. The summed E-state index contributed by atoms with van der Waals surface area (Å²) in [6, 6.07) is 7.24. The molecule has 0 aliphatic carbocycles. The average molecular weight is 294 g/mol. The highest BCUT2D eigenvalue weighted by Gasteiger charge is 2.05. The molecule has 1 aromatic heterocycles. The van der Waals surface area contributed by atoms with Crippen LogP contribution in [0.1, 0.15) is 12.8 Å². The first kappa shape index (κ1) is 13.8. The van der Waals surface area contributed by atoms with E-state index >= 15 is 0 Å². The Morgan fingerprint density at radius 1 is 1.42 bits per heavy atom. The van der Waals surface area contributed by atoms with Crippen LogP contribution in [-0.2, 0) is 4.79 Å². The predicted octanol–water partition coefficient (Wildman–Crippen LogP) is 2.63. The van der Waals surface area contributed by atoms with Gasteiger partial charge in [0.2, 0.25) is 5.91 Å². The molecule has 0 aliphatic rings. The summed E-state index contributed by atoms with van der Waals surface area (Å²) in [4.78, 5) is 15.8. The minimum atomic E-state index is -0.0178. The fourth-order valence-electron chi connectivity index (χ4n) is 1.44. The second-order valence-electron chi connectivity index (χ2n) is 3.79. The molecule has 0 fully saturated rings. The average Bonchev–Trinajstić information content (AvgIpc) is 2.91. The highest BCUT2D eigenvalue weighted by atomic mass is 32.2. The zero-order chi connectivity index (χ0) is 13.5. The first-order chi connectivity index (χ1) is 9.25. The molecule has 5 nitrogen and oxygen atoms in total. The molecular formula is C12H14N4OS2. The first-order valence-corrected chi connectivity index (χ1v) is 7.55. The minimum absolute atomic E-state index is 0.0178. The van der Waals surface area contributed by atoms with Gasteiger partial charge in [-0.15, -0.1) is 0 Å². The molecule has 100 valence electrons. The molecule has 0 bridgehead atoms. The number of amides is 1. The van der Waals surface area contributed by atoms with Crippen molar-refractivity contribution in [3.05, 3.63) is 30.6 Å². The number of nitrogens with one attached hydrogen (secondary N) is 1. The van der Waals surface area contributed by atoms with E-state index in [1.54, 1.807) is 23.9 Å². The molecule has 3 N–H and O–H groups in total. The van der Waals surface area contributed by atoms with Crippen molar-refractivity contribution in [2.45, 2.75) is 17.2 Å². The molecule has 2 aromatic rings. The minimum Gasteiger partial charge on any atom is -0.397 e. The number of nitrogens with zero attached hydrogens (tertiary/aromatic N) is 2. The van der Waals surface area contributed by atoms with Gasteiger partial charge in [0, 0.05) is 12.2 Å². The summed E-state index contributed by atoms with van der Waals surface area (Å²) in [5, 5.41) is 2.81. The van der Waals surface area contributed by atoms with Crippen molar-refractivity contribution in [2.75, 3.05) is 16.8 Å². The maximum absolute atomic E-state index is 11.7. The zero-order valence-corrected chi connectivity index (χ0v) is 11.8. The van der Waals surface area contributed by atoms with Gasteiger partial charge in [0.25, 0.3) is 0 Å². The first-order valence-electron chi connectivity index (χ1n) is 5.79. The van der Waals surface area contributed by atoms with Crippen molar-refractivity contribution < 1.29 is 4.79 Å². The Morgan fingerprint density at radius 2 is 2.26 bits per heavy atom. The van der Waals surface area contributed by atoms with Crippen LogP contribution in [0.2, 0.25) is 0 Å².